The van der Waals surface area contributed by atoms with E-state index in [0.29, 0.717) is 21.9 Å². The summed E-state index contributed by atoms with van der Waals surface area (Å²) in [6, 6.07) is 10.1. The fourth-order valence-electron chi connectivity index (χ4n) is 4.73. The molecule has 2 fully saturated rings. The maximum atomic E-state index is 6.12. The first-order chi connectivity index (χ1) is 14.5. The van der Waals surface area contributed by atoms with Gasteiger partial charge in [0.1, 0.15) is 0 Å². The standard InChI is InChI=1S/C22H23Cl2N5O/c1-15-9-19(3-6-25-15)28-8-5-22(13-28)4-2-7-29(14-22)21-26-20(27-30-21)16-10-17(23)12-18(24)11-16/h3,6,9-12H,2,4-5,7-8,13-14H2,1H3. The molecule has 1 spiro atoms. The summed E-state index contributed by atoms with van der Waals surface area (Å²) in [5.74, 6) is 0.509. The third-order valence-electron chi connectivity index (χ3n) is 6.15. The van der Waals surface area contributed by atoms with Gasteiger partial charge in [0.05, 0.1) is 0 Å². The number of pyridine rings is 1. The van der Waals surface area contributed by atoms with Crippen molar-refractivity contribution in [2.75, 3.05) is 36.0 Å². The summed E-state index contributed by atoms with van der Waals surface area (Å²) in [5, 5.41) is 5.28. The zero-order valence-corrected chi connectivity index (χ0v) is 18.3. The van der Waals surface area contributed by atoms with E-state index in [1.165, 1.54) is 12.1 Å². The Bertz CT molecular complexity index is 1050. The van der Waals surface area contributed by atoms with Crippen molar-refractivity contribution in [2.45, 2.75) is 26.2 Å². The van der Waals surface area contributed by atoms with Crippen molar-refractivity contribution >= 4 is 34.9 Å². The smallest absolute Gasteiger partial charge is 0.324 e. The van der Waals surface area contributed by atoms with Crippen LogP contribution in [-0.2, 0) is 0 Å². The summed E-state index contributed by atoms with van der Waals surface area (Å²) < 4.78 is 5.63. The second-order valence-electron chi connectivity index (χ2n) is 8.41. The molecular formula is C22H23Cl2N5O. The van der Waals surface area contributed by atoms with E-state index in [-0.39, 0.29) is 5.41 Å². The Balaban J connectivity index is 1.33. The van der Waals surface area contributed by atoms with Crippen molar-refractivity contribution in [3.63, 3.8) is 0 Å². The monoisotopic (exact) mass is 443 g/mol. The van der Waals surface area contributed by atoms with Crippen LogP contribution in [0.4, 0.5) is 11.7 Å². The van der Waals surface area contributed by atoms with Crippen molar-refractivity contribution in [3.05, 3.63) is 52.3 Å². The Morgan fingerprint density at radius 1 is 1.00 bits per heavy atom. The molecule has 4 heterocycles. The normalized spacial score (nSPS) is 21.6. The number of hydrogen-bond donors (Lipinski definition) is 0. The molecule has 2 aliphatic heterocycles. The predicted molar refractivity (Wildman–Crippen MR) is 119 cm³/mol. The Morgan fingerprint density at radius 2 is 1.80 bits per heavy atom. The summed E-state index contributed by atoms with van der Waals surface area (Å²) in [6.07, 6.45) is 5.39. The first-order valence-electron chi connectivity index (χ1n) is 10.2. The minimum absolute atomic E-state index is 0.240. The fourth-order valence-corrected chi connectivity index (χ4v) is 5.26. The lowest BCUT2D eigenvalue weighted by Gasteiger charge is -2.39. The minimum atomic E-state index is 0.240. The molecule has 30 heavy (non-hydrogen) atoms. The van der Waals surface area contributed by atoms with E-state index in [9.17, 15) is 0 Å². The van der Waals surface area contributed by atoms with Gasteiger partial charge in [-0.3, -0.25) is 4.98 Å². The number of piperidine rings is 1. The number of aromatic nitrogens is 3. The van der Waals surface area contributed by atoms with E-state index in [1.54, 1.807) is 18.2 Å². The molecule has 2 aliphatic rings. The highest BCUT2D eigenvalue weighted by Gasteiger charge is 2.42. The van der Waals surface area contributed by atoms with Crippen LogP contribution in [0, 0.1) is 12.3 Å². The molecule has 0 bridgehead atoms. The summed E-state index contributed by atoms with van der Waals surface area (Å²) in [4.78, 5) is 13.7. The summed E-state index contributed by atoms with van der Waals surface area (Å²) in [7, 11) is 0. The van der Waals surface area contributed by atoms with Crippen molar-refractivity contribution in [3.8, 4) is 11.4 Å². The largest absolute Gasteiger partial charge is 0.371 e. The molecule has 6 nitrogen and oxygen atoms in total. The van der Waals surface area contributed by atoms with E-state index in [1.807, 2.05) is 13.1 Å². The van der Waals surface area contributed by atoms with Crippen molar-refractivity contribution in [2.24, 2.45) is 5.41 Å². The highest BCUT2D eigenvalue weighted by molar-refractivity contribution is 6.35. The maximum absolute atomic E-state index is 6.12. The number of halogens is 2. The molecule has 0 aliphatic carbocycles. The quantitative estimate of drug-likeness (QED) is 0.551. The molecule has 5 rings (SSSR count). The van der Waals surface area contributed by atoms with E-state index < -0.39 is 0 Å². The Hall–Kier alpha value is -2.31. The third kappa shape index (κ3) is 3.86. The van der Waals surface area contributed by atoms with Crippen LogP contribution in [-0.4, -0.2) is 41.3 Å². The molecule has 156 valence electrons. The summed E-state index contributed by atoms with van der Waals surface area (Å²) >= 11 is 12.2. The SMILES string of the molecule is Cc1cc(N2CCC3(CCCN(c4nc(-c5cc(Cl)cc(Cl)c5)no4)C3)C2)ccn1. The first-order valence-corrected chi connectivity index (χ1v) is 11.0. The average molecular weight is 444 g/mol. The van der Waals surface area contributed by atoms with Crippen LogP contribution in [0.25, 0.3) is 11.4 Å². The molecule has 1 atom stereocenters. The lowest BCUT2D eigenvalue weighted by molar-refractivity contribution is 0.252. The number of anilines is 2. The molecule has 0 N–H and O–H groups in total. The molecule has 3 aromatic rings. The van der Waals surface area contributed by atoms with Gasteiger partial charge < -0.3 is 14.3 Å². The minimum Gasteiger partial charge on any atom is -0.371 e. The van der Waals surface area contributed by atoms with Gasteiger partial charge in [-0.15, -0.1) is 0 Å². The van der Waals surface area contributed by atoms with Gasteiger partial charge in [0.25, 0.3) is 0 Å². The number of rotatable bonds is 3. The van der Waals surface area contributed by atoms with Gasteiger partial charge in [-0.25, -0.2) is 0 Å². The van der Waals surface area contributed by atoms with E-state index in [2.05, 4.69) is 37.1 Å². The zero-order chi connectivity index (χ0) is 20.7. The van der Waals surface area contributed by atoms with Crippen LogP contribution in [0.5, 0.6) is 0 Å². The second kappa shape index (κ2) is 7.75. The lowest BCUT2D eigenvalue weighted by atomic mass is 9.79. The molecule has 1 aromatic carbocycles. The van der Waals surface area contributed by atoms with Gasteiger partial charge in [-0.1, -0.05) is 28.4 Å². The van der Waals surface area contributed by atoms with Crippen molar-refractivity contribution in [1.29, 1.82) is 0 Å². The van der Waals surface area contributed by atoms with Crippen LogP contribution in [0.15, 0.2) is 41.1 Å². The summed E-state index contributed by atoms with van der Waals surface area (Å²) in [6.45, 7) is 5.99. The van der Waals surface area contributed by atoms with Crippen LogP contribution in [0.3, 0.4) is 0 Å². The number of nitrogens with zero attached hydrogens (tertiary/aromatic N) is 5. The van der Waals surface area contributed by atoms with Crippen LogP contribution in [0.1, 0.15) is 25.0 Å². The summed E-state index contributed by atoms with van der Waals surface area (Å²) in [5.41, 5.74) is 3.31. The average Bonchev–Trinajstić information content (AvgIpc) is 3.36. The van der Waals surface area contributed by atoms with Crippen LogP contribution >= 0.6 is 23.2 Å². The third-order valence-corrected chi connectivity index (χ3v) is 6.59. The van der Waals surface area contributed by atoms with Gasteiger partial charge >= 0.3 is 6.01 Å². The zero-order valence-electron chi connectivity index (χ0n) is 16.8. The molecule has 1 unspecified atom stereocenters. The van der Waals surface area contributed by atoms with Crippen molar-refractivity contribution < 1.29 is 4.52 Å². The molecular weight excluding hydrogens is 421 g/mol. The van der Waals surface area contributed by atoms with Gasteiger partial charge in [0.2, 0.25) is 5.82 Å². The second-order valence-corrected chi connectivity index (χ2v) is 9.28. The highest BCUT2D eigenvalue weighted by Crippen LogP contribution is 2.41. The number of hydrogen-bond acceptors (Lipinski definition) is 6. The van der Waals surface area contributed by atoms with Crippen LogP contribution in [0.2, 0.25) is 10.0 Å². The Kier molecular flexibility index (Phi) is 5.07. The van der Waals surface area contributed by atoms with E-state index in [4.69, 9.17) is 27.7 Å². The van der Waals surface area contributed by atoms with Crippen molar-refractivity contribution in [1.82, 2.24) is 15.1 Å². The first kappa shape index (κ1) is 19.6. The molecule has 8 heteroatoms. The lowest BCUT2D eigenvalue weighted by Crippen LogP contribution is -2.45. The Labute approximate surface area is 185 Å². The molecule has 0 saturated carbocycles. The molecule has 0 radical (unpaired) electrons. The topological polar surface area (TPSA) is 58.3 Å². The molecule has 2 aromatic heterocycles. The molecule has 0 amide bonds. The van der Waals surface area contributed by atoms with Gasteiger partial charge in [0.15, 0.2) is 0 Å². The number of benzene rings is 1. The van der Waals surface area contributed by atoms with Gasteiger partial charge in [-0.2, -0.15) is 4.98 Å². The predicted octanol–water partition coefficient (Wildman–Crippen LogP) is 5.24. The van der Waals surface area contributed by atoms with E-state index >= 15 is 0 Å². The highest BCUT2D eigenvalue weighted by atomic mass is 35.5. The Morgan fingerprint density at radius 3 is 2.60 bits per heavy atom. The fraction of sp³-hybridized carbons (Fsp3) is 0.409. The van der Waals surface area contributed by atoms with Gasteiger partial charge in [-0.05, 0) is 56.5 Å². The van der Waals surface area contributed by atoms with E-state index in [0.717, 1.165) is 50.3 Å². The maximum Gasteiger partial charge on any atom is 0.324 e. The number of aryl methyl sites for hydroxylation is 1. The van der Waals surface area contributed by atoms with Crippen LogP contribution < -0.4 is 9.80 Å². The van der Waals surface area contributed by atoms with Gasteiger partial charge in [0, 0.05) is 64.8 Å². The molecule has 2 saturated heterocycles.